The van der Waals surface area contributed by atoms with Crippen LogP contribution < -0.4 is 20.1 Å². The first-order chi connectivity index (χ1) is 13.0. The second-order valence-electron chi connectivity index (χ2n) is 6.78. The van der Waals surface area contributed by atoms with Gasteiger partial charge in [-0.1, -0.05) is 12.1 Å². The molecule has 0 unspecified atom stereocenters. The SMILES string of the molecule is COc1cc(C)ccc1OCC(=O)Nc1ccc(C)c(NC(=O)C2CC2)c1. The predicted molar refractivity (Wildman–Crippen MR) is 104 cm³/mol. The summed E-state index contributed by atoms with van der Waals surface area (Å²) in [5.41, 5.74) is 3.31. The molecule has 3 rings (SSSR count). The highest BCUT2D eigenvalue weighted by Gasteiger charge is 2.29. The van der Waals surface area contributed by atoms with Gasteiger partial charge in [0, 0.05) is 17.3 Å². The molecule has 0 radical (unpaired) electrons. The third kappa shape index (κ3) is 5.00. The summed E-state index contributed by atoms with van der Waals surface area (Å²) >= 11 is 0. The first kappa shape index (κ1) is 18.8. The van der Waals surface area contributed by atoms with Crippen molar-refractivity contribution in [3.8, 4) is 11.5 Å². The van der Waals surface area contributed by atoms with Gasteiger partial charge in [-0.05, 0) is 62.1 Å². The fourth-order valence-electron chi connectivity index (χ4n) is 2.65. The summed E-state index contributed by atoms with van der Waals surface area (Å²) in [5, 5.41) is 5.72. The number of anilines is 2. The molecule has 1 aliphatic rings. The van der Waals surface area contributed by atoms with Crippen LogP contribution in [0.1, 0.15) is 24.0 Å². The summed E-state index contributed by atoms with van der Waals surface area (Å²) in [4.78, 5) is 24.2. The van der Waals surface area contributed by atoms with Gasteiger partial charge in [0.1, 0.15) is 0 Å². The van der Waals surface area contributed by atoms with Gasteiger partial charge in [0.2, 0.25) is 5.91 Å². The molecule has 2 aromatic carbocycles. The van der Waals surface area contributed by atoms with Crippen molar-refractivity contribution in [2.45, 2.75) is 26.7 Å². The Balaban J connectivity index is 1.59. The summed E-state index contributed by atoms with van der Waals surface area (Å²) < 4.78 is 10.8. The maximum Gasteiger partial charge on any atom is 0.262 e. The lowest BCUT2D eigenvalue weighted by Crippen LogP contribution is -2.20. The molecular formula is C21H24N2O4. The van der Waals surface area contributed by atoms with E-state index in [-0.39, 0.29) is 24.3 Å². The highest BCUT2D eigenvalue weighted by molar-refractivity contribution is 5.97. The van der Waals surface area contributed by atoms with E-state index in [0.29, 0.717) is 22.9 Å². The fourth-order valence-corrected chi connectivity index (χ4v) is 2.65. The molecule has 27 heavy (non-hydrogen) atoms. The molecule has 0 aliphatic heterocycles. The van der Waals surface area contributed by atoms with Crippen molar-refractivity contribution in [2.24, 2.45) is 5.92 Å². The second-order valence-corrected chi connectivity index (χ2v) is 6.78. The standard InChI is InChI=1S/C21H24N2O4/c1-13-4-9-18(19(10-13)26-3)27-12-20(24)22-16-8-5-14(2)17(11-16)23-21(25)15-6-7-15/h4-5,8-11,15H,6-7,12H2,1-3H3,(H,22,24)(H,23,25). The zero-order chi connectivity index (χ0) is 19.4. The zero-order valence-electron chi connectivity index (χ0n) is 15.8. The van der Waals surface area contributed by atoms with Gasteiger partial charge in [0.25, 0.3) is 5.91 Å². The number of ether oxygens (including phenoxy) is 2. The van der Waals surface area contributed by atoms with E-state index in [1.165, 1.54) is 0 Å². The Labute approximate surface area is 158 Å². The van der Waals surface area contributed by atoms with Crippen LogP contribution >= 0.6 is 0 Å². The van der Waals surface area contributed by atoms with Crippen LogP contribution in [0.3, 0.4) is 0 Å². The number of rotatable bonds is 7. The van der Waals surface area contributed by atoms with Crippen LogP contribution in [0.5, 0.6) is 11.5 Å². The van der Waals surface area contributed by atoms with Gasteiger partial charge < -0.3 is 20.1 Å². The number of amides is 2. The van der Waals surface area contributed by atoms with Gasteiger partial charge in [-0.25, -0.2) is 0 Å². The third-order valence-electron chi connectivity index (χ3n) is 4.41. The summed E-state index contributed by atoms with van der Waals surface area (Å²) in [5.74, 6) is 0.973. The molecule has 6 nitrogen and oxygen atoms in total. The molecule has 1 saturated carbocycles. The zero-order valence-corrected chi connectivity index (χ0v) is 15.8. The van der Waals surface area contributed by atoms with Crippen LogP contribution in [0.15, 0.2) is 36.4 Å². The summed E-state index contributed by atoms with van der Waals surface area (Å²) in [6.45, 7) is 3.73. The molecule has 6 heteroatoms. The lowest BCUT2D eigenvalue weighted by molar-refractivity contribution is -0.118. The Morgan fingerprint density at radius 3 is 2.52 bits per heavy atom. The van der Waals surface area contributed by atoms with Crippen LogP contribution in [0.4, 0.5) is 11.4 Å². The van der Waals surface area contributed by atoms with E-state index in [9.17, 15) is 9.59 Å². The molecule has 142 valence electrons. The Kier molecular flexibility index (Phi) is 5.64. The number of nitrogens with one attached hydrogen (secondary N) is 2. The van der Waals surface area contributed by atoms with Gasteiger partial charge >= 0.3 is 0 Å². The Bertz CT molecular complexity index is 859. The number of hydrogen-bond acceptors (Lipinski definition) is 4. The van der Waals surface area contributed by atoms with E-state index in [1.807, 2.05) is 32.0 Å². The van der Waals surface area contributed by atoms with Crippen molar-refractivity contribution in [1.82, 2.24) is 0 Å². The third-order valence-corrected chi connectivity index (χ3v) is 4.41. The normalized spacial score (nSPS) is 13.0. The highest BCUT2D eigenvalue weighted by Crippen LogP contribution is 2.31. The molecule has 1 fully saturated rings. The van der Waals surface area contributed by atoms with Gasteiger partial charge in [-0.2, -0.15) is 0 Å². The quantitative estimate of drug-likeness (QED) is 0.782. The van der Waals surface area contributed by atoms with E-state index in [0.717, 1.165) is 24.0 Å². The highest BCUT2D eigenvalue weighted by atomic mass is 16.5. The van der Waals surface area contributed by atoms with Crippen LogP contribution in [0.2, 0.25) is 0 Å². The average molecular weight is 368 g/mol. The predicted octanol–water partition coefficient (Wildman–Crippen LogP) is 3.68. The molecule has 0 bridgehead atoms. The smallest absolute Gasteiger partial charge is 0.262 e. The minimum atomic E-state index is -0.291. The van der Waals surface area contributed by atoms with Crippen LogP contribution in [-0.4, -0.2) is 25.5 Å². The molecule has 0 spiro atoms. The second kappa shape index (κ2) is 8.12. The minimum absolute atomic E-state index is 0.0383. The Hall–Kier alpha value is -3.02. The lowest BCUT2D eigenvalue weighted by atomic mass is 10.1. The van der Waals surface area contributed by atoms with E-state index < -0.39 is 0 Å². The fraction of sp³-hybridized carbons (Fsp3) is 0.333. The van der Waals surface area contributed by atoms with E-state index >= 15 is 0 Å². The van der Waals surface area contributed by atoms with Gasteiger partial charge in [-0.15, -0.1) is 0 Å². The van der Waals surface area contributed by atoms with Gasteiger partial charge in [-0.3, -0.25) is 9.59 Å². The average Bonchev–Trinajstić information content (AvgIpc) is 3.48. The maximum atomic E-state index is 12.2. The van der Waals surface area contributed by atoms with Gasteiger partial charge in [0.15, 0.2) is 18.1 Å². The topological polar surface area (TPSA) is 76.7 Å². The van der Waals surface area contributed by atoms with E-state index in [2.05, 4.69) is 10.6 Å². The van der Waals surface area contributed by atoms with E-state index in [1.54, 1.807) is 25.3 Å². The number of hydrogen-bond donors (Lipinski definition) is 2. The maximum absolute atomic E-state index is 12.2. The Morgan fingerprint density at radius 1 is 1.04 bits per heavy atom. The molecule has 2 N–H and O–H groups in total. The molecule has 1 aliphatic carbocycles. The molecule has 2 aromatic rings. The van der Waals surface area contributed by atoms with Crippen molar-refractivity contribution in [2.75, 3.05) is 24.4 Å². The summed E-state index contributed by atoms with van der Waals surface area (Å²) in [6.07, 6.45) is 1.89. The van der Waals surface area contributed by atoms with Crippen molar-refractivity contribution in [1.29, 1.82) is 0 Å². The van der Waals surface area contributed by atoms with Crippen molar-refractivity contribution >= 4 is 23.2 Å². The van der Waals surface area contributed by atoms with Crippen LogP contribution in [0.25, 0.3) is 0 Å². The molecular weight excluding hydrogens is 344 g/mol. The first-order valence-corrected chi connectivity index (χ1v) is 8.95. The first-order valence-electron chi connectivity index (χ1n) is 8.95. The molecule has 0 saturated heterocycles. The summed E-state index contributed by atoms with van der Waals surface area (Å²) in [7, 11) is 1.56. The monoisotopic (exact) mass is 368 g/mol. The molecule has 0 heterocycles. The Morgan fingerprint density at radius 2 is 1.81 bits per heavy atom. The van der Waals surface area contributed by atoms with Crippen molar-refractivity contribution in [3.63, 3.8) is 0 Å². The number of carbonyl (C=O) groups excluding carboxylic acids is 2. The number of aryl methyl sites for hydroxylation is 2. The largest absolute Gasteiger partial charge is 0.493 e. The number of benzene rings is 2. The van der Waals surface area contributed by atoms with Gasteiger partial charge in [0.05, 0.1) is 7.11 Å². The van der Waals surface area contributed by atoms with Crippen molar-refractivity contribution in [3.05, 3.63) is 47.5 Å². The van der Waals surface area contributed by atoms with Crippen LogP contribution in [-0.2, 0) is 9.59 Å². The molecule has 2 amide bonds. The number of methoxy groups -OCH3 is 1. The van der Waals surface area contributed by atoms with Crippen molar-refractivity contribution < 1.29 is 19.1 Å². The molecule has 0 aromatic heterocycles. The minimum Gasteiger partial charge on any atom is -0.493 e. The summed E-state index contributed by atoms with van der Waals surface area (Å²) in [6, 6.07) is 10.9. The molecule has 0 atom stereocenters. The lowest BCUT2D eigenvalue weighted by Gasteiger charge is -2.13. The van der Waals surface area contributed by atoms with E-state index in [4.69, 9.17) is 9.47 Å². The number of carbonyl (C=O) groups is 2. The van der Waals surface area contributed by atoms with Crippen LogP contribution in [0, 0.1) is 19.8 Å².